The summed E-state index contributed by atoms with van der Waals surface area (Å²) in [6, 6.07) is 5.98. The molecule has 3 rings (SSSR count). The first-order chi connectivity index (χ1) is 8.22. The molecule has 1 aromatic rings. The highest BCUT2D eigenvalue weighted by Gasteiger charge is 2.42. The van der Waals surface area contributed by atoms with Crippen LogP contribution in [0.25, 0.3) is 0 Å². The van der Waals surface area contributed by atoms with Gasteiger partial charge in [0.2, 0.25) is 0 Å². The minimum Gasteiger partial charge on any atom is -0.497 e. The zero-order chi connectivity index (χ0) is 11.9. The van der Waals surface area contributed by atoms with Crippen molar-refractivity contribution in [2.45, 2.75) is 24.5 Å². The third kappa shape index (κ3) is 1.89. The molecule has 17 heavy (non-hydrogen) atoms. The Kier molecular flexibility index (Phi) is 2.71. The molecule has 1 spiro atoms. The average Bonchev–Trinajstić information content (AvgIpc) is 2.77. The topological polar surface area (TPSA) is 44.5 Å². The quantitative estimate of drug-likeness (QED) is 0.832. The van der Waals surface area contributed by atoms with Crippen molar-refractivity contribution in [1.82, 2.24) is 0 Å². The Labute approximate surface area is 106 Å². The van der Waals surface area contributed by atoms with Crippen LogP contribution in [0.2, 0.25) is 0 Å². The van der Waals surface area contributed by atoms with E-state index in [1.165, 1.54) is 5.75 Å². The van der Waals surface area contributed by atoms with Gasteiger partial charge in [-0.25, -0.2) is 0 Å². The lowest BCUT2D eigenvalue weighted by molar-refractivity contribution is 0.0614. The number of benzene rings is 1. The number of ether oxygens (including phenoxy) is 2. The van der Waals surface area contributed by atoms with Gasteiger partial charge in [-0.2, -0.15) is 11.8 Å². The monoisotopic (exact) mass is 251 g/mol. The SMILES string of the molecule is COc1ccc2c(c1)C(N)CC1(CCSC1)O2. The normalized spacial score (nSPS) is 31.1. The number of fused-ring (bicyclic) bond motifs is 1. The molecule has 2 aliphatic heterocycles. The first kappa shape index (κ1) is 11.2. The molecule has 92 valence electrons. The molecule has 3 nitrogen and oxygen atoms in total. The van der Waals surface area contributed by atoms with E-state index >= 15 is 0 Å². The second-order valence-corrected chi connectivity index (χ2v) is 5.91. The van der Waals surface area contributed by atoms with Gasteiger partial charge in [0.15, 0.2) is 0 Å². The zero-order valence-electron chi connectivity index (χ0n) is 9.94. The minimum absolute atomic E-state index is 0.0222. The number of hydrogen-bond acceptors (Lipinski definition) is 4. The van der Waals surface area contributed by atoms with Crippen molar-refractivity contribution in [3.63, 3.8) is 0 Å². The third-order valence-electron chi connectivity index (χ3n) is 3.60. The third-order valence-corrected chi connectivity index (χ3v) is 4.82. The molecule has 0 amide bonds. The van der Waals surface area contributed by atoms with Crippen LogP contribution in [0, 0.1) is 0 Å². The largest absolute Gasteiger partial charge is 0.497 e. The molecule has 2 atom stereocenters. The summed E-state index contributed by atoms with van der Waals surface area (Å²) in [5.41, 5.74) is 7.33. The number of hydrogen-bond donors (Lipinski definition) is 1. The van der Waals surface area contributed by atoms with Gasteiger partial charge in [0.25, 0.3) is 0 Å². The summed E-state index contributed by atoms with van der Waals surface area (Å²) in [5.74, 6) is 4.02. The molecule has 0 radical (unpaired) electrons. The fraction of sp³-hybridized carbons (Fsp3) is 0.538. The second kappa shape index (κ2) is 4.10. The van der Waals surface area contributed by atoms with Gasteiger partial charge in [-0.1, -0.05) is 0 Å². The van der Waals surface area contributed by atoms with Crippen molar-refractivity contribution in [2.24, 2.45) is 5.73 Å². The molecular formula is C13H17NO2S. The number of methoxy groups -OCH3 is 1. The molecule has 4 heteroatoms. The summed E-state index contributed by atoms with van der Waals surface area (Å²) in [5, 5.41) is 0. The van der Waals surface area contributed by atoms with Crippen molar-refractivity contribution < 1.29 is 9.47 Å². The number of rotatable bonds is 1. The fourth-order valence-corrected chi connectivity index (χ4v) is 4.01. The van der Waals surface area contributed by atoms with Crippen molar-refractivity contribution in [1.29, 1.82) is 0 Å². The molecule has 0 aromatic heterocycles. The van der Waals surface area contributed by atoms with Crippen molar-refractivity contribution in [3.05, 3.63) is 23.8 Å². The predicted molar refractivity (Wildman–Crippen MR) is 69.8 cm³/mol. The highest BCUT2D eigenvalue weighted by molar-refractivity contribution is 7.99. The van der Waals surface area contributed by atoms with Crippen LogP contribution in [0.1, 0.15) is 24.4 Å². The van der Waals surface area contributed by atoms with Gasteiger partial charge in [0, 0.05) is 23.8 Å². The lowest BCUT2D eigenvalue weighted by Crippen LogP contribution is -2.42. The van der Waals surface area contributed by atoms with Crippen LogP contribution in [0.5, 0.6) is 11.5 Å². The van der Waals surface area contributed by atoms with Gasteiger partial charge in [-0.3, -0.25) is 0 Å². The lowest BCUT2D eigenvalue weighted by Gasteiger charge is -2.38. The van der Waals surface area contributed by atoms with E-state index in [1.807, 2.05) is 30.0 Å². The van der Waals surface area contributed by atoms with Gasteiger partial charge in [0.05, 0.1) is 7.11 Å². The van der Waals surface area contributed by atoms with Crippen LogP contribution >= 0.6 is 11.8 Å². The standard InChI is InChI=1S/C13H17NO2S/c1-15-9-2-3-12-10(6-9)11(14)7-13(16-12)4-5-17-8-13/h2-3,6,11H,4-5,7-8,14H2,1H3. The molecule has 2 aliphatic rings. The van der Waals surface area contributed by atoms with E-state index in [9.17, 15) is 0 Å². The van der Waals surface area contributed by atoms with E-state index in [0.717, 1.165) is 35.7 Å². The summed E-state index contributed by atoms with van der Waals surface area (Å²) < 4.78 is 11.4. The highest BCUT2D eigenvalue weighted by Crippen LogP contribution is 2.45. The maximum absolute atomic E-state index is 6.28. The summed E-state index contributed by atoms with van der Waals surface area (Å²) in [7, 11) is 1.67. The van der Waals surface area contributed by atoms with E-state index < -0.39 is 0 Å². The molecule has 2 heterocycles. The van der Waals surface area contributed by atoms with E-state index in [0.29, 0.717) is 0 Å². The molecule has 2 N–H and O–H groups in total. The Morgan fingerprint density at radius 1 is 1.53 bits per heavy atom. The van der Waals surface area contributed by atoms with E-state index in [4.69, 9.17) is 15.2 Å². The molecule has 2 unspecified atom stereocenters. The Morgan fingerprint density at radius 3 is 3.12 bits per heavy atom. The molecule has 1 saturated heterocycles. The molecule has 0 saturated carbocycles. The van der Waals surface area contributed by atoms with Crippen LogP contribution in [-0.2, 0) is 0 Å². The maximum Gasteiger partial charge on any atom is 0.125 e. The highest BCUT2D eigenvalue weighted by atomic mass is 32.2. The molecule has 0 bridgehead atoms. The number of thioether (sulfide) groups is 1. The van der Waals surface area contributed by atoms with Crippen molar-refractivity contribution >= 4 is 11.8 Å². The Hall–Kier alpha value is -0.870. The molecular weight excluding hydrogens is 234 g/mol. The van der Waals surface area contributed by atoms with E-state index in [-0.39, 0.29) is 11.6 Å². The van der Waals surface area contributed by atoms with Crippen LogP contribution in [-0.4, -0.2) is 24.2 Å². The van der Waals surface area contributed by atoms with Crippen molar-refractivity contribution in [2.75, 3.05) is 18.6 Å². The zero-order valence-corrected chi connectivity index (χ0v) is 10.8. The van der Waals surface area contributed by atoms with E-state index in [1.54, 1.807) is 7.11 Å². The summed E-state index contributed by atoms with van der Waals surface area (Å²) in [4.78, 5) is 0. The maximum atomic E-state index is 6.28. The Bertz CT molecular complexity index is 429. The smallest absolute Gasteiger partial charge is 0.125 e. The second-order valence-electron chi connectivity index (χ2n) is 4.80. The van der Waals surface area contributed by atoms with Crippen LogP contribution < -0.4 is 15.2 Å². The number of nitrogens with two attached hydrogens (primary N) is 1. The van der Waals surface area contributed by atoms with Crippen LogP contribution in [0.15, 0.2) is 18.2 Å². The van der Waals surface area contributed by atoms with Gasteiger partial charge < -0.3 is 15.2 Å². The molecule has 0 aliphatic carbocycles. The molecule has 1 fully saturated rings. The lowest BCUT2D eigenvalue weighted by atomic mass is 9.87. The Morgan fingerprint density at radius 2 is 2.41 bits per heavy atom. The first-order valence-corrected chi connectivity index (χ1v) is 7.08. The summed E-state index contributed by atoms with van der Waals surface area (Å²) in [6.07, 6.45) is 2.02. The van der Waals surface area contributed by atoms with Gasteiger partial charge in [0.1, 0.15) is 17.1 Å². The fourth-order valence-electron chi connectivity index (χ4n) is 2.65. The minimum atomic E-state index is -0.0222. The summed E-state index contributed by atoms with van der Waals surface area (Å²) >= 11 is 1.96. The predicted octanol–water partition coefficient (Wildman–Crippen LogP) is 2.35. The van der Waals surface area contributed by atoms with Gasteiger partial charge in [-0.15, -0.1) is 0 Å². The molecule has 1 aromatic carbocycles. The average molecular weight is 251 g/mol. The first-order valence-electron chi connectivity index (χ1n) is 5.93. The Balaban J connectivity index is 1.96. The van der Waals surface area contributed by atoms with Crippen LogP contribution in [0.3, 0.4) is 0 Å². The van der Waals surface area contributed by atoms with Gasteiger partial charge in [-0.05, 0) is 30.4 Å². The van der Waals surface area contributed by atoms with E-state index in [2.05, 4.69) is 0 Å². The summed E-state index contributed by atoms with van der Waals surface area (Å²) in [6.45, 7) is 0. The van der Waals surface area contributed by atoms with Crippen LogP contribution in [0.4, 0.5) is 0 Å². The van der Waals surface area contributed by atoms with Crippen molar-refractivity contribution in [3.8, 4) is 11.5 Å². The van der Waals surface area contributed by atoms with Gasteiger partial charge >= 0.3 is 0 Å².